The molecule has 4 rings (SSSR count). The average Bonchev–Trinajstić information content (AvgIpc) is 3.22. The first-order valence-electron chi connectivity index (χ1n) is 7.73. The molecule has 0 aliphatic carbocycles. The molecule has 0 aromatic heterocycles. The van der Waals surface area contributed by atoms with Gasteiger partial charge in [0.25, 0.3) is 5.91 Å². The third-order valence-corrected chi connectivity index (χ3v) is 5.60. The molecule has 0 fully saturated rings. The summed E-state index contributed by atoms with van der Waals surface area (Å²) < 4.78 is 0. The van der Waals surface area contributed by atoms with Gasteiger partial charge >= 0.3 is 0 Å². The van der Waals surface area contributed by atoms with Crippen LogP contribution in [-0.2, 0) is 4.79 Å². The number of hydrogen-bond donors (Lipinski definition) is 0. The topological polar surface area (TPSA) is 45.0 Å². The summed E-state index contributed by atoms with van der Waals surface area (Å²) in [5, 5.41) is 8.55. The predicted molar refractivity (Wildman–Crippen MR) is 104 cm³/mol. The monoisotopic (exact) mass is 389 g/mol. The number of aliphatic imine (C=N–C) groups is 1. The van der Waals surface area contributed by atoms with Crippen LogP contribution in [0.5, 0.6) is 0 Å². The first kappa shape index (κ1) is 16.6. The number of hydrazone groups is 1. The number of carbonyl (C=O) groups excluding carboxylic acids is 1. The number of amidine groups is 1. The lowest BCUT2D eigenvalue weighted by Crippen LogP contribution is -2.23. The largest absolute Gasteiger partial charge is 0.272 e. The minimum Gasteiger partial charge on any atom is -0.272 e. The van der Waals surface area contributed by atoms with Gasteiger partial charge in [-0.1, -0.05) is 65.3 Å². The Bertz CT molecular complexity index is 895. The van der Waals surface area contributed by atoms with E-state index in [2.05, 4.69) is 4.99 Å². The maximum absolute atomic E-state index is 11.6. The van der Waals surface area contributed by atoms with Gasteiger partial charge in [-0.25, -0.2) is 5.01 Å². The molecule has 1 amide bonds. The molecule has 2 aromatic carbocycles. The zero-order valence-corrected chi connectivity index (χ0v) is 15.4. The van der Waals surface area contributed by atoms with Gasteiger partial charge in [-0.2, -0.15) is 10.1 Å². The van der Waals surface area contributed by atoms with Crippen LogP contribution in [0.15, 0.2) is 58.6 Å². The van der Waals surface area contributed by atoms with Crippen molar-refractivity contribution in [2.24, 2.45) is 10.1 Å². The molecule has 0 saturated carbocycles. The van der Waals surface area contributed by atoms with E-state index < -0.39 is 0 Å². The van der Waals surface area contributed by atoms with Gasteiger partial charge in [0, 0.05) is 22.0 Å². The average molecular weight is 390 g/mol. The van der Waals surface area contributed by atoms with E-state index in [1.165, 1.54) is 11.8 Å². The highest BCUT2D eigenvalue weighted by Gasteiger charge is 2.35. The molecule has 25 heavy (non-hydrogen) atoms. The van der Waals surface area contributed by atoms with Crippen LogP contribution >= 0.6 is 35.0 Å². The Labute approximate surface area is 159 Å². The molecule has 1 unspecified atom stereocenters. The molecule has 0 radical (unpaired) electrons. The maximum Gasteiger partial charge on any atom is 0.258 e. The summed E-state index contributed by atoms with van der Waals surface area (Å²) in [6.45, 7) is 0. The van der Waals surface area contributed by atoms with Crippen molar-refractivity contribution in [1.82, 2.24) is 5.01 Å². The van der Waals surface area contributed by atoms with Crippen molar-refractivity contribution in [3.63, 3.8) is 0 Å². The van der Waals surface area contributed by atoms with Gasteiger partial charge in [-0.05, 0) is 23.8 Å². The number of nitrogens with zero attached hydrogens (tertiary/aromatic N) is 3. The molecule has 1 atom stereocenters. The lowest BCUT2D eigenvalue weighted by Gasteiger charge is -2.22. The lowest BCUT2D eigenvalue weighted by molar-refractivity contribution is -0.115. The van der Waals surface area contributed by atoms with Gasteiger partial charge in [0.05, 0.1) is 17.5 Å². The summed E-state index contributed by atoms with van der Waals surface area (Å²) in [6, 6.07) is 15.3. The molecule has 2 aromatic rings. The smallest absolute Gasteiger partial charge is 0.258 e. The number of hydrogen-bond acceptors (Lipinski definition) is 4. The van der Waals surface area contributed by atoms with Crippen molar-refractivity contribution in [1.29, 1.82) is 0 Å². The number of thioether (sulfide) groups is 1. The summed E-state index contributed by atoms with van der Waals surface area (Å²) in [4.78, 5) is 15.7. The number of benzene rings is 2. The molecular weight excluding hydrogens is 377 g/mol. The quantitative estimate of drug-likeness (QED) is 0.742. The number of carbonyl (C=O) groups is 1. The molecule has 0 N–H and O–H groups in total. The number of rotatable bonds is 2. The third-order valence-electron chi connectivity index (χ3n) is 4.09. The van der Waals surface area contributed by atoms with Crippen LogP contribution in [0.25, 0.3) is 0 Å². The number of halogens is 2. The first-order valence-corrected chi connectivity index (χ1v) is 9.47. The van der Waals surface area contributed by atoms with Gasteiger partial charge in [0.2, 0.25) is 0 Å². The van der Waals surface area contributed by atoms with E-state index in [0.29, 0.717) is 27.4 Å². The number of amides is 1. The Morgan fingerprint density at radius 2 is 1.84 bits per heavy atom. The fourth-order valence-electron chi connectivity index (χ4n) is 2.90. The van der Waals surface area contributed by atoms with Gasteiger partial charge in [-0.15, -0.1) is 0 Å². The van der Waals surface area contributed by atoms with E-state index in [1.54, 1.807) is 0 Å². The second kappa shape index (κ2) is 6.83. The van der Waals surface area contributed by atoms with E-state index in [-0.39, 0.29) is 11.9 Å². The van der Waals surface area contributed by atoms with Gasteiger partial charge < -0.3 is 0 Å². The Balaban J connectivity index is 1.74. The summed E-state index contributed by atoms with van der Waals surface area (Å²) in [5.41, 5.74) is 2.85. The van der Waals surface area contributed by atoms with Crippen LogP contribution in [0.3, 0.4) is 0 Å². The van der Waals surface area contributed by atoms with Crippen molar-refractivity contribution < 1.29 is 4.79 Å². The van der Waals surface area contributed by atoms with Crippen molar-refractivity contribution in [3.05, 3.63) is 69.7 Å². The van der Waals surface area contributed by atoms with Gasteiger partial charge in [0.15, 0.2) is 5.17 Å². The van der Waals surface area contributed by atoms with Crippen molar-refractivity contribution in [2.45, 2.75) is 12.5 Å². The summed E-state index contributed by atoms with van der Waals surface area (Å²) >= 11 is 13.8. The minimum atomic E-state index is -0.128. The molecule has 7 heteroatoms. The minimum absolute atomic E-state index is 0.0410. The Morgan fingerprint density at radius 3 is 2.52 bits per heavy atom. The fourth-order valence-corrected chi connectivity index (χ4v) is 4.06. The molecule has 2 aliphatic heterocycles. The van der Waals surface area contributed by atoms with Crippen molar-refractivity contribution in [3.8, 4) is 0 Å². The van der Waals surface area contributed by atoms with Crippen LogP contribution in [-0.4, -0.2) is 27.5 Å². The molecule has 0 bridgehead atoms. The second-order valence-corrected chi connectivity index (χ2v) is 7.51. The second-order valence-electron chi connectivity index (χ2n) is 5.72. The van der Waals surface area contributed by atoms with Gasteiger partial charge in [0.1, 0.15) is 0 Å². The standard InChI is InChI=1S/C18H13Cl2N3OS/c19-12-7-5-11(6-8-12)16-9-15(13-3-1-2-4-14(13)20)22-23(16)18-21-17(24)10-25-18/h1-8,16H,9-10H2. The van der Waals surface area contributed by atoms with Crippen molar-refractivity contribution in [2.75, 3.05) is 5.75 Å². The van der Waals surface area contributed by atoms with Crippen LogP contribution < -0.4 is 0 Å². The first-order chi connectivity index (χ1) is 12.1. The van der Waals surface area contributed by atoms with E-state index in [0.717, 1.165) is 16.8 Å². The molecule has 2 aliphatic rings. The molecule has 0 saturated heterocycles. The summed E-state index contributed by atoms with van der Waals surface area (Å²) in [6.07, 6.45) is 0.680. The van der Waals surface area contributed by atoms with Crippen LogP contribution in [0.4, 0.5) is 0 Å². The third kappa shape index (κ3) is 3.32. The highest BCUT2D eigenvalue weighted by Crippen LogP contribution is 2.37. The summed E-state index contributed by atoms with van der Waals surface area (Å²) in [7, 11) is 0. The van der Waals surface area contributed by atoms with E-state index in [9.17, 15) is 4.79 Å². The molecule has 126 valence electrons. The lowest BCUT2D eigenvalue weighted by atomic mass is 9.98. The Hall–Kier alpha value is -1.82. The van der Waals surface area contributed by atoms with Crippen LogP contribution in [0.1, 0.15) is 23.6 Å². The van der Waals surface area contributed by atoms with Crippen LogP contribution in [0.2, 0.25) is 10.0 Å². The highest BCUT2D eigenvalue weighted by atomic mass is 35.5. The maximum atomic E-state index is 11.6. The van der Waals surface area contributed by atoms with E-state index >= 15 is 0 Å². The zero-order valence-electron chi connectivity index (χ0n) is 13.0. The predicted octanol–water partition coefficient (Wildman–Crippen LogP) is 4.77. The Kier molecular flexibility index (Phi) is 4.54. The highest BCUT2D eigenvalue weighted by molar-refractivity contribution is 8.14. The van der Waals surface area contributed by atoms with Gasteiger partial charge in [-0.3, -0.25) is 4.79 Å². The van der Waals surface area contributed by atoms with Crippen LogP contribution in [0, 0.1) is 0 Å². The normalized spacial score (nSPS) is 20.0. The molecular formula is C18H13Cl2N3OS. The zero-order chi connectivity index (χ0) is 17.4. The molecule has 4 nitrogen and oxygen atoms in total. The SMILES string of the molecule is O=C1CSC(N2N=C(c3ccccc3Cl)CC2c2ccc(Cl)cc2)=N1. The van der Waals surface area contributed by atoms with Crippen molar-refractivity contribution >= 4 is 51.8 Å². The van der Waals surface area contributed by atoms with E-state index in [1.807, 2.05) is 53.5 Å². The molecule has 0 spiro atoms. The summed E-state index contributed by atoms with van der Waals surface area (Å²) in [5.74, 6) is 0.229. The Morgan fingerprint density at radius 1 is 1.08 bits per heavy atom. The van der Waals surface area contributed by atoms with E-state index in [4.69, 9.17) is 28.3 Å². The fraction of sp³-hybridized carbons (Fsp3) is 0.167. The molecule has 2 heterocycles.